The zero-order valence-corrected chi connectivity index (χ0v) is 21.5. The summed E-state index contributed by atoms with van der Waals surface area (Å²) in [6.07, 6.45) is 0.199. The van der Waals surface area contributed by atoms with E-state index in [1.165, 1.54) is 9.70 Å². The Morgan fingerprint density at radius 2 is 1.62 bits per heavy atom. The van der Waals surface area contributed by atoms with Gasteiger partial charge in [-0.3, -0.25) is 14.4 Å². The number of likely N-dealkylation sites (N-methyl/N-ethyl adjacent to an activating group) is 1. The summed E-state index contributed by atoms with van der Waals surface area (Å²) < 4.78 is 6.00. The van der Waals surface area contributed by atoms with Crippen LogP contribution in [0.5, 0.6) is 0 Å². The maximum atomic E-state index is 13.2. The lowest BCUT2D eigenvalue weighted by Gasteiger charge is -2.26. The molecular formula is C27H34N6O4. The van der Waals surface area contributed by atoms with Crippen molar-refractivity contribution in [3.05, 3.63) is 60.2 Å². The molecule has 1 aliphatic heterocycles. The number of amides is 3. The molecule has 10 nitrogen and oxygen atoms in total. The zero-order chi connectivity index (χ0) is 26.2. The Balaban J connectivity index is 1.46. The van der Waals surface area contributed by atoms with E-state index in [9.17, 15) is 14.4 Å². The van der Waals surface area contributed by atoms with Crippen LogP contribution in [0, 0.1) is 0 Å². The topological polar surface area (TPSA) is 101 Å². The Morgan fingerprint density at radius 1 is 0.973 bits per heavy atom. The van der Waals surface area contributed by atoms with Gasteiger partial charge in [0.15, 0.2) is 0 Å². The normalized spacial score (nSPS) is 16.2. The minimum absolute atomic E-state index is 0.0573. The molecule has 1 fully saturated rings. The molecule has 1 aromatic heterocycles. The Kier molecular flexibility index (Phi) is 8.84. The van der Waals surface area contributed by atoms with E-state index in [2.05, 4.69) is 10.2 Å². The average molecular weight is 507 g/mol. The zero-order valence-electron chi connectivity index (χ0n) is 21.5. The number of carbonyl (C=O) groups is 3. The van der Waals surface area contributed by atoms with Crippen LogP contribution in [0.4, 0.5) is 0 Å². The van der Waals surface area contributed by atoms with Gasteiger partial charge in [-0.25, -0.2) is 0 Å². The van der Waals surface area contributed by atoms with Gasteiger partial charge in [0.25, 0.3) is 0 Å². The number of hydrogen-bond acceptors (Lipinski definition) is 6. The molecule has 10 heteroatoms. The van der Waals surface area contributed by atoms with Gasteiger partial charge >= 0.3 is 0 Å². The molecule has 37 heavy (non-hydrogen) atoms. The van der Waals surface area contributed by atoms with Crippen LogP contribution in [-0.4, -0.2) is 99.4 Å². The molecule has 0 N–H and O–H groups in total. The van der Waals surface area contributed by atoms with Crippen LogP contribution in [-0.2, 0) is 32.1 Å². The van der Waals surface area contributed by atoms with E-state index in [0.717, 1.165) is 5.56 Å². The molecular weight excluding hydrogens is 472 g/mol. The number of fused-ring (bicyclic) bond motifs is 1. The highest BCUT2D eigenvalue weighted by Crippen LogP contribution is 2.13. The van der Waals surface area contributed by atoms with Crippen LogP contribution in [0.1, 0.15) is 19.4 Å². The minimum atomic E-state index is -0.490. The Bertz CT molecular complexity index is 1180. The van der Waals surface area contributed by atoms with Gasteiger partial charge in [0.1, 0.15) is 24.2 Å². The third-order valence-electron chi connectivity index (χ3n) is 6.56. The van der Waals surface area contributed by atoms with Crippen LogP contribution in [0.25, 0.3) is 11.0 Å². The van der Waals surface area contributed by atoms with Gasteiger partial charge < -0.3 is 19.4 Å². The van der Waals surface area contributed by atoms with Gasteiger partial charge in [0.2, 0.25) is 17.7 Å². The summed E-state index contributed by atoms with van der Waals surface area (Å²) in [7, 11) is 0. The smallest absolute Gasteiger partial charge is 0.248 e. The first-order valence-electron chi connectivity index (χ1n) is 12.8. The van der Waals surface area contributed by atoms with Crippen LogP contribution >= 0.6 is 0 Å². The number of carbonyl (C=O) groups excluding carboxylic acids is 3. The van der Waals surface area contributed by atoms with Crippen molar-refractivity contribution < 1.29 is 19.1 Å². The predicted octanol–water partition coefficient (Wildman–Crippen LogP) is 1.60. The van der Waals surface area contributed by atoms with E-state index in [4.69, 9.17) is 4.74 Å². The first kappa shape index (κ1) is 26.3. The fourth-order valence-electron chi connectivity index (χ4n) is 4.45. The highest BCUT2D eigenvalue weighted by atomic mass is 16.5. The van der Waals surface area contributed by atoms with E-state index < -0.39 is 6.10 Å². The maximum Gasteiger partial charge on any atom is 0.248 e. The molecule has 3 amide bonds. The molecule has 196 valence electrons. The van der Waals surface area contributed by atoms with Gasteiger partial charge in [0, 0.05) is 32.7 Å². The summed E-state index contributed by atoms with van der Waals surface area (Å²) in [4.78, 5) is 45.3. The fourth-order valence-corrected chi connectivity index (χ4v) is 4.45. The Hall–Kier alpha value is -3.79. The second-order valence-electron chi connectivity index (χ2n) is 9.07. The van der Waals surface area contributed by atoms with E-state index in [1.807, 2.05) is 68.4 Å². The number of rotatable bonds is 10. The van der Waals surface area contributed by atoms with Gasteiger partial charge in [-0.15, -0.1) is 0 Å². The molecule has 0 aliphatic carbocycles. The van der Waals surface area contributed by atoms with Crippen molar-refractivity contribution in [1.82, 2.24) is 29.7 Å². The molecule has 0 saturated carbocycles. The van der Waals surface area contributed by atoms with Crippen molar-refractivity contribution in [1.29, 1.82) is 0 Å². The number of aromatic nitrogens is 3. The van der Waals surface area contributed by atoms with E-state index in [0.29, 0.717) is 43.6 Å². The fraction of sp³-hybridized carbons (Fsp3) is 0.444. The molecule has 0 spiro atoms. The third kappa shape index (κ3) is 6.91. The molecule has 2 heterocycles. The molecule has 1 atom stereocenters. The Morgan fingerprint density at radius 3 is 2.27 bits per heavy atom. The van der Waals surface area contributed by atoms with Gasteiger partial charge in [-0.05, 0) is 38.0 Å². The first-order chi connectivity index (χ1) is 18.0. The maximum absolute atomic E-state index is 13.2. The minimum Gasteiger partial charge on any atom is -0.365 e. The number of ether oxygens (including phenoxy) is 1. The van der Waals surface area contributed by atoms with E-state index in [1.54, 1.807) is 9.80 Å². The standard InChI is InChI=1S/C27H34N6O4/c1-3-30(4-2)27(36)20-37-22-16-31(15-14-21-10-6-5-7-11-21)25(34)18-32(17-22)26(35)19-33-28-23-12-8-9-13-24(23)29-33/h5-13,22H,3-4,14-20H2,1-2H3. The number of nitrogens with zero attached hydrogens (tertiary/aromatic N) is 6. The largest absolute Gasteiger partial charge is 0.365 e. The average Bonchev–Trinajstić information content (AvgIpc) is 3.24. The molecule has 2 aromatic carbocycles. The molecule has 1 saturated heterocycles. The second kappa shape index (κ2) is 12.4. The summed E-state index contributed by atoms with van der Waals surface area (Å²) in [6.45, 7) is 5.82. The van der Waals surface area contributed by atoms with Gasteiger partial charge in [-0.1, -0.05) is 42.5 Å². The molecule has 3 aromatic rings. The number of benzene rings is 2. The van der Waals surface area contributed by atoms with Crippen molar-refractivity contribution in [2.75, 3.05) is 45.9 Å². The van der Waals surface area contributed by atoms with Gasteiger partial charge in [0.05, 0.1) is 12.6 Å². The summed E-state index contributed by atoms with van der Waals surface area (Å²) in [6, 6.07) is 17.3. The van der Waals surface area contributed by atoms with Crippen LogP contribution in [0.2, 0.25) is 0 Å². The van der Waals surface area contributed by atoms with Crippen molar-refractivity contribution in [2.45, 2.75) is 32.9 Å². The van der Waals surface area contributed by atoms with Crippen LogP contribution in [0.15, 0.2) is 54.6 Å². The van der Waals surface area contributed by atoms with Crippen molar-refractivity contribution in [3.8, 4) is 0 Å². The lowest BCUT2D eigenvalue weighted by molar-refractivity contribution is -0.140. The molecule has 1 aliphatic rings. The monoisotopic (exact) mass is 506 g/mol. The summed E-state index contributed by atoms with van der Waals surface area (Å²) in [5.41, 5.74) is 2.52. The lowest BCUT2D eigenvalue weighted by Crippen LogP contribution is -2.42. The summed E-state index contributed by atoms with van der Waals surface area (Å²) in [5, 5.41) is 8.73. The number of hydrogen-bond donors (Lipinski definition) is 0. The first-order valence-corrected chi connectivity index (χ1v) is 12.8. The quantitative estimate of drug-likeness (QED) is 0.414. The molecule has 0 bridgehead atoms. The lowest BCUT2D eigenvalue weighted by atomic mass is 10.1. The molecule has 1 unspecified atom stereocenters. The van der Waals surface area contributed by atoms with Gasteiger partial charge in [-0.2, -0.15) is 15.0 Å². The van der Waals surface area contributed by atoms with Crippen molar-refractivity contribution >= 4 is 28.8 Å². The molecule has 0 radical (unpaired) electrons. The second-order valence-corrected chi connectivity index (χ2v) is 9.07. The predicted molar refractivity (Wildman–Crippen MR) is 139 cm³/mol. The summed E-state index contributed by atoms with van der Waals surface area (Å²) >= 11 is 0. The van der Waals surface area contributed by atoms with Crippen molar-refractivity contribution in [3.63, 3.8) is 0 Å². The van der Waals surface area contributed by atoms with Crippen LogP contribution in [0.3, 0.4) is 0 Å². The highest BCUT2D eigenvalue weighted by Gasteiger charge is 2.31. The Labute approximate surface area is 216 Å². The third-order valence-corrected chi connectivity index (χ3v) is 6.56. The summed E-state index contributed by atoms with van der Waals surface area (Å²) in [5.74, 6) is -0.534. The highest BCUT2D eigenvalue weighted by molar-refractivity contribution is 5.85. The van der Waals surface area contributed by atoms with Crippen LogP contribution < -0.4 is 0 Å². The van der Waals surface area contributed by atoms with E-state index in [-0.39, 0.29) is 44.0 Å². The SMILES string of the molecule is CCN(CC)C(=O)COC1CN(CCc2ccccc2)C(=O)CN(C(=O)Cn2nc3ccccc3n2)C1. The molecule has 4 rings (SSSR count). The van der Waals surface area contributed by atoms with Crippen molar-refractivity contribution in [2.24, 2.45) is 0 Å². The van der Waals surface area contributed by atoms with E-state index >= 15 is 0 Å².